The smallest absolute Gasteiger partial charge is 0.337 e. The Hall–Kier alpha value is -3.00. The minimum absolute atomic E-state index is 0.204. The van der Waals surface area contributed by atoms with Crippen molar-refractivity contribution in [3.8, 4) is 0 Å². The van der Waals surface area contributed by atoms with E-state index in [9.17, 15) is 9.59 Å². The lowest BCUT2D eigenvalue weighted by atomic mass is 10.2. The zero-order chi connectivity index (χ0) is 18.2. The van der Waals surface area contributed by atoms with E-state index in [4.69, 9.17) is 0 Å². The second-order valence-electron chi connectivity index (χ2n) is 5.54. The standard InChI is InChI=1S/C17H21N5O3/c1-22(2)9-8-18-15-11-19-14(10-20-15)16(23)21-13-6-4-12(5-7-13)17(24)25-3/h4-7,10-11H,8-9H2,1-3H3,(H,18,20)(H,21,23). The van der Waals surface area contributed by atoms with Gasteiger partial charge in [0.05, 0.1) is 25.1 Å². The van der Waals surface area contributed by atoms with E-state index in [0.29, 0.717) is 17.1 Å². The van der Waals surface area contributed by atoms with E-state index in [0.717, 1.165) is 13.1 Å². The highest BCUT2D eigenvalue weighted by Gasteiger charge is 2.10. The highest BCUT2D eigenvalue weighted by molar-refractivity contribution is 6.03. The first-order chi connectivity index (χ1) is 12.0. The molecule has 0 bridgehead atoms. The molecular weight excluding hydrogens is 322 g/mol. The van der Waals surface area contributed by atoms with Crippen molar-refractivity contribution in [2.75, 3.05) is 44.9 Å². The summed E-state index contributed by atoms with van der Waals surface area (Å²) in [7, 11) is 5.28. The number of amides is 1. The van der Waals surface area contributed by atoms with Crippen molar-refractivity contribution in [1.82, 2.24) is 14.9 Å². The summed E-state index contributed by atoms with van der Waals surface area (Å²) in [5.41, 5.74) is 1.16. The first-order valence-electron chi connectivity index (χ1n) is 7.70. The van der Waals surface area contributed by atoms with Crippen LogP contribution in [-0.2, 0) is 4.74 Å². The Kier molecular flexibility index (Phi) is 6.41. The molecule has 1 aromatic carbocycles. The van der Waals surface area contributed by atoms with Crippen molar-refractivity contribution in [2.24, 2.45) is 0 Å². The molecule has 0 radical (unpaired) electrons. The van der Waals surface area contributed by atoms with E-state index in [2.05, 4.69) is 25.3 Å². The van der Waals surface area contributed by atoms with Gasteiger partial charge in [-0.15, -0.1) is 0 Å². The third kappa shape index (κ3) is 5.54. The lowest BCUT2D eigenvalue weighted by molar-refractivity contribution is 0.0600. The SMILES string of the molecule is COC(=O)c1ccc(NC(=O)c2cnc(NCCN(C)C)cn2)cc1. The molecule has 25 heavy (non-hydrogen) atoms. The van der Waals surface area contributed by atoms with Gasteiger partial charge in [-0.2, -0.15) is 0 Å². The number of carbonyl (C=O) groups excluding carboxylic acids is 2. The summed E-state index contributed by atoms with van der Waals surface area (Å²) in [6, 6.07) is 6.39. The molecule has 0 unspecified atom stereocenters. The molecular formula is C17H21N5O3. The van der Waals surface area contributed by atoms with Gasteiger partial charge in [0.2, 0.25) is 0 Å². The fraction of sp³-hybridized carbons (Fsp3) is 0.294. The van der Waals surface area contributed by atoms with Gasteiger partial charge < -0.3 is 20.3 Å². The highest BCUT2D eigenvalue weighted by atomic mass is 16.5. The summed E-state index contributed by atoms with van der Waals surface area (Å²) in [5, 5.41) is 5.82. The van der Waals surface area contributed by atoms with E-state index in [-0.39, 0.29) is 11.6 Å². The molecule has 1 amide bonds. The number of likely N-dealkylation sites (N-methyl/N-ethyl adjacent to an activating group) is 1. The van der Waals surface area contributed by atoms with Gasteiger partial charge >= 0.3 is 5.97 Å². The van der Waals surface area contributed by atoms with E-state index < -0.39 is 5.97 Å². The van der Waals surface area contributed by atoms with Crippen LogP contribution < -0.4 is 10.6 Å². The quantitative estimate of drug-likeness (QED) is 0.735. The van der Waals surface area contributed by atoms with Gasteiger partial charge in [0.25, 0.3) is 5.91 Å². The normalized spacial score (nSPS) is 10.4. The van der Waals surface area contributed by atoms with Crippen molar-refractivity contribution < 1.29 is 14.3 Å². The minimum atomic E-state index is -0.430. The third-order valence-corrected chi connectivity index (χ3v) is 3.31. The maximum atomic E-state index is 12.2. The van der Waals surface area contributed by atoms with Gasteiger partial charge in [0.1, 0.15) is 11.5 Å². The Bertz CT molecular complexity index is 714. The first-order valence-corrected chi connectivity index (χ1v) is 7.70. The topological polar surface area (TPSA) is 96.4 Å². The average molecular weight is 343 g/mol. The summed E-state index contributed by atoms with van der Waals surface area (Å²) in [6.45, 7) is 1.60. The van der Waals surface area contributed by atoms with Crippen LogP contribution in [0.1, 0.15) is 20.8 Å². The monoisotopic (exact) mass is 343 g/mol. The van der Waals surface area contributed by atoms with Crippen LogP contribution in [0.3, 0.4) is 0 Å². The van der Waals surface area contributed by atoms with Gasteiger partial charge in [-0.25, -0.2) is 14.8 Å². The van der Waals surface area contributed by atoms with E-state index in [1.165, 1.54) is 19.5 Å². The average Bonchev–Trinajstić information content (AvgIpc) is 2.62. The van der Waals surface area contributed by atoms with Crippen molar-refractivity contribution in [3.05, 3.63) is 47.9 Å². The number of anilines is 2. The van der Waals surface area contributed by atoms with Crippen LogP contribution in [0.2, 0.25) is 0 Å². The Balaban J connectivity index is 1.93. The van der Waals surface area contributed by atoms with Gasteiger partial charge in [-0.05, 0) is 38.4 Å². The molecule has 0 saturated carbocycles. The second kappa shape index (κ2) is 8.74. The minimum Gasteiger partial charge on any atom is -0.465 e. The fourth-order valence-corrected chi connectivity index (χ4v) is 1.95. The molecule has 0 aliphatic rings. The molecule has 8 nitrogen and oxygen atoms in total. The van der Waals surface area contributed by atoms with Gasteiger partial charge in [0, 0.05) is 18.8 Å². The first kappa shape index (κ1) is 18.3. The Morgan fingerprint density at radius 3 is 2.40 bits per heavy atom. The van der Waals surface area contributed by atoms with Crippen LogP contribution in [0.15, 0.2) is 36.7 Å². The third-order valence-electron chi connectivity index (χ3n) is 3.31. The molecule has 0 aliphatic carbocycles. The van der Waals surface area contributed by atoms with E-state index >= 15 is 0 Å². The molecule has 1 heterocycles. The Labute approximate surface area is 146 Å². The van der Waals surface area contributed by atoms with Crippen LogP contribution in [-0.4, -0.2) is 61.0 Å². The van der Waals surface area contributed by atoms with Crippen LogP contribution in [0.25, 0.3) is 0 Å². The summed E-state index contributed by atoms with van der Waals surface area (Å²) in [5.74, 6) is -0.194. The molecule has 0 atom stereocenters. The number of hydrogen-bond acceptors (Lipinski definition) is 7. The number of ether oxygens (including phenoxy) is 1. The Morgan fingerprint density at radius 2 is 1.84 bits per heavy atom. The lowest BCUT2D eigenvalue weighted by Crippen LogP contribution is -2.21. The molecule has 132 valence electrons. The molecule has 2 N–H and O–H groups in total. The number of benzene rings is 1. The zero-order valence-corrected chi connectivity index (χ0v) is 14.4. The van der Waals surface area contributed by atoms with Crippen LogP contribution in [0.5, 0.6) is 0 Å². The summed E-state index contributed by atoms with van der Waals surface area (Å²) < 4.78 is 4.63. The van der Waals surface area contributed by atoms with Crippen LogP contribution in [0, 0.1) is 0 Å². The van der Waals surface area contributed by atoms with Gasteiger partial charge in [0.15, 0.2) is 0 Å². The second-order valence-corrected chi connectivity index (χ2v) is 5.54. The van der Waals surface area contributed by atoms with Crippen LogP contribution in [0.4, 0.5) is 11.5 Å². The van der Waals surface area contributed by atoms with Crippen molar-refractivity contribution in [2.45, 2.75) is 0 Å². The Morgan fingerprint density at radius 1 is 1.12 bits per heavy atom. The lowest BCUT2D eigenvalue weighted by Gasteiger charge is -2.10. The number of methoxy groups -OCH3 is 1. The maximum Gasteiger partial charge on any atom is 0.337 e. The van der Waals surface area contributed by atoms with Gasteiger partial charge in [-0.3, -0.25) is 4.79 Å². The molecule has 0 saturated heterocycles. The molecule has 1 aromatic heterocycles. The number of carbonyl (C=O) groups is 2. The summed E-state index contributed by atoms with van der Waals surface area (Å²) in [4.78, 5) is 33.9. The van der Waals surface area contributed by atoms with E-state index in [1.807, 2.05) is 19.0 Å². The fourth-order valence-electron chi connectivity index (χ4n) is 1.95. The number of rotatable bonds is 7. The maximum absolute atomic E-state index is 12.2. The molecule has 2 aromatic rings. The largest absolute Gasteiger partial charge is 0.465 e. The molecule has 2 rings (SSSR count). The number of nitrogens with one attached hydrogen (secondary N) is 2. The van der Waals surface area contributed by atoms with Crippen LogP contribution >= 0.6 is 0 Å². The summed E-state index contributed by atoms with van der Waals surface area (Å²) >= 11 is 0. The number of aromatic nitrogens is 2. The van der Waals surface area contributed by atoms with E-state index in [1.54, 1.807) is 24.3 Å². The molecule has 8 heteroatoms. The van der Waals surface area contributed by atoms with Crippen molar-refractivity contribution in [3.63, 3.8) is 0 Å². The molecule has 0 fully saturated rings. The molecule has 0 spiro atoms. The predicted octanol–water partition coefficient (Wildman–Crippen LogP) is 1.49. The number of nitrogens with zero attached hydrogens (tertiary/aromatic N) is 3. The van der Waals surface area contributed by atoms with Crippen molar-refractivity contribution in [1.29, 1.82) is 0 Å². The predicted molar refractivity (Wildman–Crippen MR) is 94.8 cm³/mol. The number of hydrogen-bond donors (Lipinski definition) is 2. The number of esters is 1. The molecule has 0 aliphatic heterocycles. The zero-order valence-electron chi connectivity index (χ0n) is 14.4. The highest BCUT2D eigenvalue weighted by Crippen LogP contribution is 2.12. The summed E-state index contributed by atoms with van der Waals surface area (Å²) in [6.07, 6.45) is 2.93. The van der Waals surface area contributed by atoms with Gasteiger partial charge in [-0.1, -0.05) is 0 Å². The van der Waals surface area contributed by atoms with Crippen molar-refractivity contribution >= 4 is 23.4 Å².